The molecule has 2 heterocycles. The smallest absolute Gasteiger partial charge is 0.231 e. The van der Waals surface area contributed by atoms with E-state index in [1.54, 1.807) is 0 Å². The molecule has 1 atom stereocenters. The van der Waals surface area contributed by atoms with Crippen molar-refractivity contribution in [1.82, 2.24) is 0 Å². The van der Waals surface area contributed by atoms with Gasteiger partial charge in [0.05, 0.1) is 4.47 Å². The number of halogens is 1. The van der Waals surface area contributed by atoms with Gasteiger partial charge in [-0.2, -0.15) is 0 Å². The van der Waals surface area contributed by atoms with E-state index in [9.17, 15) is 5.11 Å². The minimum atomic E-state index is -0.624. The molecule has 1 aliphatic heterocycles. The van der Waals surface area contributed by atoms with Crippen molar-refractivity contribution in [1.29, 1.82) is 0 Å². The summed E-state index contributed by atoms with van der Waals surface area (Å²) in [5.41, 5.74) is 0.795. The van der Waals surface area contributed by atoms with Gasteiger partial charge in [-0.3, -0.25) is 0 Å². The first-order valence-corrected chi connectivity index (χ1v) is 6.73. The van der Waals surface area contributed by atoms with Crippen molar-refractivity contribution < 1.29 is 14.6 Å². The van der Waals surface area contributed by atoms with Crippen LogP contribution in [-0.4, -0.2) is 11.9 Å². The Morgan fingerprint density at radius 2 is 2.24 bits per heavy atom. The highest BCUT2D eigenvalue weighted by molar-refractivity contribution is 9.10. The average Bonchev–Trinajstić information content (AvgIpc) is 2.98. The molecule has 0 bridgehead atoms. The molecule has 0 saturated heterocycles. The van der Waals surface area contributed by atoms with Crippen LogP contribution in [0, 0.1) is 0 Å². The van der Waals surface area contributed by atoms with Gasteiger partial charge in [0.1, 0.15) is 6.10 Å². The molecule has 1 aromatic carbocycles. The van der Waals surface area contributed by atoms with Gasteiger partial charge in [-0.1, -0.05) is 6.07 Å². The molecule has 3 nitrogen and oxygen atoms in total. The first-order valence-electron chi connectivity index (χ1n) is 5.06. The van der Waals surface area contributed by atoms with Crippen LogP contribution in [0.15, 0.2) is 34.1 Å². The van der Waals surface area contributed by atoms with Gasteiger partial charge in [0.25, 0.3) is 0 Å². The average molecular weight is 313 g/mol. The predicted molar refractivity (Wildman–Crippen MR) is 68.6 cm³/mol. The summed E-state index contributed by atoms with van der Waals surface area (Å²) in [5, 5.41) is 12.2. The van der Waals surface area contributed by atoms with Crippen molar-refractivity contribution in [2.24, 2.45) is 0 Å². The van der Waals surface area contributed by atoms with Crippen LogP contribution in [0.3, 0.4) is 0 Å². The van der Waals surface area contributed by atoms with E-state index in [-0.39, 0.29) is 6.79 Å². The minimum Gasteiger partial charge on any atom is -0.454 e. The molecule has 0 aliphatic carbocycles. The van der Waals surface area contributed by atoms with Crippen LogP contribution in [-0.2, 0) is 0 Å². The summed E-state index contributed by atoms with van der Waals surface area (Å²) in [7, 11) is 0. The van der Waals surface area contributed by atoms with Crippen molar-refractivity contribution in [3.8, 4) is 11.5 Å². The van der Waals surface area contributed by atoms with Gasteiger partial charge in [0.2, 0.25) is 6.79 Å². The zero-order chi connectivity index (χ0) is 11.8. The summed E-state index contributed by atoms with van der Waals surface area (Å²) in [6.07, 6.45) is -0.624. The first-order chi connectivity index (χ1) is 8.25. The second-order valence-electron chi connectivity index (χ2n) is 3.65. The lowest BCUT2D eigenvalue weighted by Gasteiger charge is -2.10. The van der Waals surface area contributed by atoms with E-state index < -0.39 is 6.10 Å². The van der Waals surface area contributed by atoms with Gasteiger partial charge in [0, 0.05) is 4.88 Å². The predicted octanol–water partition coefficient (Wildman–Crippen LogP) is 3.32. The molecule has 5 heteroatoms. The topological polar surface area (TPSA) is 38.7 Å². The summed E-state index contributed by atoms with van der Waals surface area (Å²) in [5.74, 6) is 1.37. The standard InChI is InChI=1S/C12H9BrO3S/c13-8-4-7(5-9-12(8)16-6-15-9)11(14)10-2-1-3-17-10/h1-5,11,14H,6H2. The molecule has 1 N–H and O–H groups in total. The maximum Gasteiger partial charge on any atom is 0.231 e. The second kappa shape index (κ2) is 4.33. The number of benzene rings is 1. The Balaban J connectivity index is 2.02. The van der Waals surface area contributed by atoms with Crippen LogP contribution in [0.4, 0.5) is 0 Å². The molecule has 3 rings (SSSR count). The molecule has 0 spiro atoms. The number of aliphatic hydroxyl groups is 1. The third kappa shape index (κ3) is 1.94. The Morgan fingerprint density at radius 3 is 3.00 bits per heavy atom. The largest absolute Gasteiger partial charge is 0.454 e. The zero-order valence-electron chi connectivity index (χ0n) is 8.72. The SMILES string of the molecule is OC(c1cc(Br)c2c(c1)OCO2)c1cccs1. The van der Waals surface area contributed by atoms with E-state index in [4.69, 9.17) is 9.47 Å². The van der Waals surface area contributed by atoms with Crippen LogP contribution >= 0.6 is 27.3 Å². The molecule has 0 saturated carbocycles. The molecular weight excluding hydrogens is 304 g/mol. The number of hydrogen-bond donors (Lipinski definition) is 1. The summed E-state index contributed by atoms with van der Waals surface area (Å²) >= 11 is 4.94. The van der Waals surface area contributed by atoms with E-state index >= 15 is 0 Å². The van der Waals surface area contributed by atoms with Crippen molar-refractivity contribution in [3.63, 3.8) is 0 Å². The van der Waals surface area contributed by atoms with Crippen LogP contribution in [0.25, 0.3) is 0 Å². The maximum atomic E-state index is 10.2. The quantitative estimate of drug-likeness (QED) is 0.924. The van der Waals surface area contributed by atoms with Crippen LogP contribution < -0.4 is 9.47 Å². The summed E-state index contributed by atoms with van der Waals surface area (Å²) in [4.78, 5) is 0.913. The molecule has 2 aromatic rings. The third-order valence-electron chi connectivity index (χ3n) is 2.58. The Hall–Kier alpha value is -1.04. The van der Waals surface area contributed by atoms with Gasteiger partial charge in [-0.25, -0.2) is 0 Å². The number of aliphatic hydroxyl groups excluding tert-OH is 1. The molecule has 88 valence electrons. The van der Waals surface area contributed by atoms with E-state index in [2.05, 4.69) is 15.9 Å². The summed E-state index contributed by atoms with van der Waals surface area (Å²) in [6, 6.07) is 7.51. The number of ether oxygens (including phenoxy) is 2. The maximum absolute atomic E-state index is 10.2. The second-order valence-corrected chi connectivity index (χ2v) is 5.49. The van der Waals surface area contributed by atoms with Crippen LogP contribution in [0.2, 0.25) is 0 Å². The number of rotatable bonds is 2. The number of thiophene rings is 1. The fourth-order valence-corrected chi connectivity index (χ4v) is 3.07. The Morgan fingerprint density at radius 1 is 1.35 bits per heavy atom. The molecule has 1 unspecified atom stereocenters. The lowest BCUT2D eigenvalue weighted by molar-refractivity contribution is 0.173. The molecule has 0 radical (unpaired) electrons. The lowest BCUT2D eigenvalue weighted by Crippen LogP contribution is -1.97. The molecule has 17 heavy (non-hydrogen) atoms. The van der Waals surface area contributed by atoms with E-state index in [1.165, 1.54) is 11.3 Å². The van der Waals surface area contributed by atoms with E-state index in [1.807, 2.05) is 29.6 Å². The summed E-state index contributed by atoms with van der Waals surface area (Å²) < 4.78 is 11.4. The van der Waals surface area contributed by atoms with E-state index in [0.29, 0.717) is 11.5 Å². The van der Waals surface area contributed by atoms with Gasteiger partial charge in [-0.15, -0.1) is 11.3 Å². The number of fused-ring (bicyclic) bond motifs is 1. The van der Waals surface area contributed by atoms with Crippen molar-refractivity contribution in [3.05, 3.63) is 44.6 Å². The van der Waals surface area contributed by atoms with Crippen molar-refractivity contribution in [2.75, 3.05) is 6.79 Å². The van der Waals surface area contributed by atoms with Gasteiger partial charge in [0.15, 0.2) is 11.5 Å². The third-order valence-corrected chi connectivity index (χ3v) is 4.09. The number of hydrogen-bond acceptors (Lipinski definition) is 4. The monoisotopic (exact) mass is 312 g/mol. The fourth-order valence-electron chi connectivity index (χ4n) is 1.76. The van der Waals surface area contributed by atoms with Gasteiger partial charge in [-0.05, 0) is 45.1 Å². The fraction of sp³-hybridized carbons (Fsp3) is 0.167. The Labute approximate surface area is 111 Å². The van der Waals surface area contributed by atoms with Gasteiger partial charge < -0.3 is 14.6 Å². The Kier molecular flexibility index (Phi) is 2.82. The highest BCUT2D eigenvalue weighted by Gasteiger charge is 2.21. The molecule has 0 fully saturated rings. The van der Waals surface area contributed by atoms with Crippen LogP contribution in [0.5, 0.6) is 11.5 Å². The van der Waals surface area contributed by atoms with Crippen LogP contribution in [0.1, 0.15) is 16.5 Å². The molecule has 1 aliphatic rings. The van der Waals surface area contributed by atoms with Gasteiger partial charge >= 0.3 is 0 Å². The normalized spacial score (nSPS) is 14.9. The Bertz CT molecular complexity index is 539. The minimum absolute atomic E-state index is 0.229. The summed E-state index contributed by atoms with van der Waals surface area (Å²) in [6.45, 7) is 0.229. The zero-order valence-corrected chi connectivity index (χ0v) is 11.1. The highest BCUT2D eigenvalue weighted by atomic mass is 79.9. The van der Waals surface area contributed by atoms with Crippen molar-refractivity contribution in [2.45, 2.75) is 6.10 Å². The lowest BCUT2D eigenvalue weighted by atomic mass is 10.1. The first kappa shape index (κ1) is 11.1. The van der Waals surface area contributed by atoms with E-state index in [0.717, 1.165) is 14.9 Å². The highest BCUT2D eigenvalue weighted by Crippen LogP contribution is 2.42. The molecular formula is C12H9BrO3S. The molecule has 1 aromatic heterocycles. The molecule has 0 amide bonds. The van der Waals surface area contributed by atoms with Crippen molar-refractivity contribution >= 4 is 27.3 Å².